The van der Waals surface area contributed by atoms with Crippen LogP contribution < -0.4 is 11.1 Å². The molecule has 0 spiro atoms. The summed E-state index contributed by atoms with van der Waals surface area (Å²) in [7, 11) is 0. The molecule has 4 nitrogen and oxygen atoms in total. The summed E-state index contributed by atoms with van der Waals surface area (Å²) in [5, 5.41) is 2.85. The standard InChI is InChI=1S/C11H22N2O2/c1-2-4-10(12)11(14)13-7-6-9-5-3-8-15-9/h9-10H,2-8,12H2,1H3,(H,13,14)/t9?,10-/m1/s1. The number of nitrogens with two attached hydrogens (primary N) is 1. The second-order valence-electron chi connectivity index (χ2n) is 4.11. The van der Waals surface area contributed by atoms with E-state index in [4.69, 9.17) is 10.5 Å². The van der Waals surface area contributed by atoms with Crippen molar-refractivity contribution in [1.82, 2.24) is 5.32 Å². The number of carbonyl (C=O) groups excluding carboxylic acids is 1. The van der Waals surface area contributed by atoms with Gasteiger partial charge in [0.25, 0.3) is 0 Å². The average molecular weight is 214 g/mol. The predicted molar refractivity (Wildman–Crippen MR) is 59.5 cm³/mol. The summed E-state index contributed by atoms with van der Waals surface area (Å²) in [6, 6.07) is -0.348. The van der Waals surface area contributed by atoms with Gasteiger partial charge in [0.15, 0.2) is 0 Å². The third kappa shape index (κ3) is 4.62. The van der Waals surface area contributed by atoms with Crippen LogP contribution in [0.2, 0.25) is 0 Å². The lowest BCUT2D eigenvalue weighted by molar-refractivity contribution is -0.122. The summed E-state index contributed by atoms with van der Waals surface area (Å²) >= 11 is 0. The van der Waals surface area contributed by atoms with Crippen LogP contribution in [0.25, 0.3) is 0 Å². The van der Waals surface area contributed by atoms with Crippen molar-refractivity contribution in [2.45, 2.75) is 51.2 Å². The minimum atomic E-state index is -0.348. The van der Waals surface area contributed by atoms with Gasteiger partial charge >= 0.3 is 0 Å². The molecule has 1 rings (SSSR count). The van der Waals surface area contributed by atoms with Crippen LogP contribution in [0.4, 0.5) is 0 Å². The molecule has 1 unspecified atom stereocenters. The minimum Gasteiger partial charge on any atom is -0.378 e. The number of carbonyl (C=O) groups is 1. The third-order valence-corrected chi connectivity index (χ3v) is 2.73. The molecule has 0 aromatic rings. The zero-order valence-corrected chi connectivity index (χ0v) is 9.50. The Balaban J connectivity index is 2.05. The summed E-state index contributed by atoms with van der Waals surface area (Å²) in [6.45, 7) is 3.58. The number of rotatable bonds is 6. The van der Waals surface area contributed by atoms with Crippen LogP contribution in [0.1, 0.15) is 39.0 Å². The first-order chi connectivity index (χ1) is 7.24. The molecule has 0 saturated carbocycles. The Kier molecular flexibility index (Phi) is 5.65. The maximum atomic E-state index is 11.4. The Bertz CT molecular complexity index is 191. The topological polar surface area (TPSA) is 64.4 Å². The molecule has 88 valence electrons. The van der Waals surface area contributed by atoms with Gasteiger partial charge in [0.05, 0.1) is 12.1 Å². The maximum absolute atomic E-state index is 11.4. The highest BCUT2D eigenvalue weighted by Gasteiger charge is 2.16. The molecule has 0 aliphatic carbocycles. The van der Waals surface area contributed by atoms with Crippen LogP contribution in [0.3, 0.4) is 0 Å². The molecule has 2 atom stereocenters. The van der Waals surface area contributed by atoms with E-state index < -0.39 is 0 Å². The monoisotopic (exact) mass is 214 g/mol. The Hall–Kier alpha value is -0.610. The highest BCUT2D eigenvalue weighted by molar-refractivity contribution is 5.81. The van der Waals surface area contributed by atoms with Crippen molar-refractivity contribution in [3.63, 3.8) is 0 Å². The summed E-state index contributed by atoms with van der Waals surface area (Å²) < 4.78 is 5.46. The zero-order chi connectivity index (χ0) is 11.1. The smallest absolute Gasteiger partial charge is 0.236 e. The molecule has 0 bridgehead atoms. The van der Waals surface area contributed by atoms with Gasteiger partial charge in [-0.05, 0) is 25.7 Å². The first-order valence-corrected chi connectivity index (χ1v) is 5.89. The number of amides is 1. The molecular formula is C11H22N2O2. The first-order valence-electron chi connectivity index (χ1n) is 5.89. The normalized spacial score (nSPS) is 22.7. The Morgan fingerprint density at radius 3 is 3.07 bits per heavy atom. The van der Waals surface area contributed by atoms with Crippen molar-refractivity contribution in [3.05, 3.63) is 0 Å². The fraction of sp³-hybridized carbons (Fsp3) is 0.909. The minimum absolute atomic E-state index is 0.0325. The average Bonchev–Trinajstić information content (AvgIpc) is 2.71. The largest absolute Gasteiger partial charge is 0.378 e. The van der Waals surface area contributed by atoms with Crippen molar-refractivity contribution in [2.75, 3.05) is 13.2 Å². The molecule has 4 heteroatoms. The molecule has 1 saturated heterocycles. The molecule has 1 heterocycles. The summed E-state index contributed by atoms with van der Waals surface area (Å²) in [4.78, 5) is 11.4. The molecule has 1 amide bonds. The van der Waals surface area contributed by atoms with Crippen molar-refractivity contribution in [1.29, 1.82) is 0 Å². The van der Waals surface area contributed by atoms with E-state index in [9.17, 15) is 4.79 Å². The van der Waals surface area contributed by atoms with E-state index in [-0.39, 0.29) is 11.9 Å². The lowest BCUT2D eigenvalue weighted by Crippen LogP contribution is -2.41. The van der Waals surface area contributed by atoms with Crippen LogP contribution >= 0.6 is 0 Å². The van der Waals surface area contributed by atoms with Crippen molar-refractivity contribution >= 4 is 5.91 Å². The van der Waals surface area contributed by atoms with Gasteiger partial charge in [0, 0.05) is 13.2 Å². The lowest BCUT2D eigenvalue weighted by Gasteiger charge is -2.13. The fourth-order valence-electron chi connectivity index (χ4n) is 1.80. The van der Waals surface area contributed by atoms with E-state index in [0.717, 1.165) is 38.7 Å². The van der Waals surface area contributed by atoms with Gasteiger partial charge < -0.3 is 15.8 Å². The van der Waals surface area contributed by atoms with E-state index in [1.807, 2.05) is 6.92 Å². The molecule has 3 N–H and O–H groups in total. The summed E-state index contributed by atoms with van der Waals surface area (Å²) in [5.41, 5.74) is 5.68. The van der Waals surface area contributed by atoms with Gasteiger partial charge in [-0.1, -0.05) is 13.3 Å². The highest BCUT2D eigenvalue weighted by atomic mass is 16.5. The third-order valence-electron chi connectivity index (χ3n) is 2.73. The Morgan fingerprint density at radius 2 is 2.47 bits per heavy atom. The molecule has 0 radical (unpaired) electrons. The van der Waals surface area contributed by atoms with Gasteiger partial charge in [-0.2, -0.15) is 0 Å². The molecule has 0 aromatic heterocycles. The van der Waals surface area contributed by atoms with Crippen LogP contribution in [0.15, 0.2) is 0 Å². The van der Waals surface area contributed by atoms with E-state index >= 15 is 0 Å². The SMILES string of the molecule is CCC[C@@H](N)C(=O)NCCC1CCCO1. The predicted octanol–water partition coefficient (Wildman–Crippen LogP) is 0.799. The summed E-state index contributed by atoms with van der Waals surface area (Å²) in [6.07, 6.45) is 5.22. The van der Waals surface area contributed by atoms with Crippen molar-refractivity contribution in [2.24, 2.45) is 5.73 Å². The molecule has 0 aromatic carbocycles. The highest BCUT2D eigenvalue weighted by Crippen LogP contribution is 2.14. The fourth-order valence-corrected chi connectivity index (χ4v) is 1.80. The first kappa shape index (κ1) is 12.5. The summed E-state index contributed by atoms with van der Waals surface area (Å²) in [5.74, 6) is -0.0325. The Labute approximate surface area is 91.5 Å². The van der Waals surface area contributed by atoms with E-state index in [0.29, 0.717) is 12.6 Å². The van der Waals surface area contributed by atoms with Gasteiger partial charge in [0.1, 0.15) is 0 Å². The maximum Gasteiger partial charge on any atom is 0.236 e. The molecule has 1 aliphatic rings. The van der Waals surface area contributed by atoms with E-state index in [2.05, 4.69) is 5.32 Å². The number of hydrogen-bond acceptors (Lipinski definition) is 3. The van der Waals surface area contributed by atoms with Gasteiger partial charge in [-0.3, -0.25) is 4.79 Å². The molecular weight excluding hydrogens is 192 g/mol. The Morgan fingerprint density at radius 1 is 1.67 bits per heavy atom. The van der Waals surface area contributed by atoms with Crippen molar-refractivity contribution in [3.8, 4) is 0 Å². The van der Waals surface area contributed by atoms with E-state index in [1.165, 1.54) is 0 Å². The van der Waals surface area contributed by atoms with Gasteiger partial charge in [-0.25, -0.2) is 0 Å². The quantitative estimate of drug-likeness (QED) is 0.687. The number of hydrogen-bond donors (Lipinski definition) is 2. The van der Waals surface area contributed by atoms with E-state index in [1.54, 1.807) is 0 Å². The van der Waals surface area contributed by atoms with Crippen molar-refractivity contribution < 1.29 is 9.53 Å². The number of ether oxygens (including phenoxy) is 1. The van der Waals surface area contributed by atoms with Crippen LogP contribution in [0, 0.1) is 0 Å². The van der Waals surface area contributed by atoms with Gasteiger partial charge in [-0.15, -0.1) is 0 Å². The molecule has 15 heavy (non-hydrogen) atoms. The van der Waals surface area contributed by atoms with Crippen LogP contribution in [0.5, 0.6) is 0 Å². The molecule has 1 fully saturated rings. The van der Waals surface area contributed by atoms with Crippen LogP contribution in [-0.4, -0.2) is 31.2 Å². The molecule has 1 aliphatic heterocycles. The second-order valence-corrected chi connectivity index (χ2v) is 4.11. The second kappa shape index (κ2) is 6.80. The zero-order valence-electron chi connectivity index (χ0n) is 9.50. The van der Waals surface area contributed by atoms with Gasteiger partial charge in [0.2, 0.25) is 5.91 Å². The number of nitrogens with one attached hydrogen (secondary N) is 1. The van der Waals surface area contributed by atoms with Crippen LogP contribution in [-0.2, 0) is 9.53 Å². The lowest BCUT2D eigenvalue weighted by atomic mass is 10.1.